The molecule has 0 saturated carbocycles. The van der Waals surface area contributed by atoms with Gasteiger partial charge in [0.1, 0.15) is 6.54 Å². The predicted molar refractivity (Wildman–Crippen MR) is 115 cm³/mol. The summed E-state index contributed by atoms with van der Waals surface area (Å²) in [5, 5.41) is 0.732. The summed E-state index contributed by atoms with van der Waals surface area (Å²) in [4.78, 5) is 41.2. The minimum atomic E-state index is -0.253. The first-order chi connectivity index (χ1) is 14.0. The van der Waals surface area contributed by atoms with Gasteiger partial charge in [-0.3, -0.25) is 19.3 Å². The van der Waals surface area contributed by atoms with Crippen molar-refractivity contribution in [1.29, 1.82) is 0 Å². The molecule has 4 rings (SSSR count). The van der Waals surface area contributed by atoms with E-state index >= 15 is 0 Å². The highest BCUT2D eigenvalue weighted by molar-refractivity contribution is 8.18. The number of piperidine rings is 1. The fraction of sp³-hybridized carbons (Fsp3) is 0.409. The van der Waals surface area contributed by atoms with Crippen LogP contribution in [-0.4, -0.2) is 50.6 Å². The highest BCUT2D eigenvalue weighted by Gasteiger charge is 2.36. The minimum Gasteiger partial charge on any atom is -0.341 e. The second-order valence-electron chi connectivity index (χ2n) is 7.82. The number of hydrogen-bond donors (Lipinski definition) is 0. The Bertz CT molecular complexity index is 1000. The maximum atomic E-state index is 12.8. The van der Waals surface area contributed by atoms with Crippen LogP contribution < -0.4 is 0 Å². The van der Waals surface area contributed by atoms with Crippen LogP contribution in [0.3, 0.4) is 0 Å². The summed E-state index contributed by atoms with van der Waals surface area (Å²) < 4.78 is 1.95. The lowest BCUT2D eigenvalue weighted by atomic mass is 10.1. The third kappa shape index (κ3) is 3.83. The van der Waals surface area contributed by atoms with E-state index in [1.807, 2.05) is 53.8 Å². The van der Waals surface area contributed by atoms with Gasteiger partial charge in [-0.05, 0) is 57.0 Å². The van der Waals surface area contributed by atoms with Crippen molar-refractivity contribution in [3.05, 3.63) is 40.9 Å². The van der Waals surface area contributed by atoms with E-state index in [2.05, 4.69) is 0 Å². The second kappa shape index (κ2) is 8.06. The van der Waals surface area contributed by atoms with Gasteiger partial charge in [-0.25, -0.2) is 0 Å². The van der Waals surface area contributed by atoms with Gasteiger partial charge in [0.25, 0.3) is 11.1 Å². The van der Waals surface area contributed by atoms with Crippen molar-refractivity contribution in [3.8, 4) is 0 Å². The quantitative estimate of drug-likeness (QED) is 0.711. The lowest BCUT2D eigenvalue weighted by Crippen LogP contribution is -2.37. The topological polar surface area (TPSA) is 62.6 Å². The number of rotatable bonds is 4. The number of nitrogens with zero attached hydrogens (tertiary/aromatic N) is 3. The molecule has 0 bridgehead atoms. The zero-order valence-corrected chi connectivity index (χ0v) is 17.6. The largest absolute Gasteiger partial charge is 0.341 e. The summed E-state index contributed by atoms with van der Waals surface area (Å²) in [6.07, 6.45) is 7.00. The number of hydrogen-bond acceptors (Lipinski definition) is 4. The van der Waals surface area contributed by atoms with Crippen molar-refractivity contribution >= 4 is 45.8 Å². The van der Waals surface area contributed by atoms with Crippen LogP contribution in [0, 0.1) is 0 Å². The van der Waals surface area contributed by atoms with E-state index in [9.17, 15) is 14.4 Å². The van der Waals surface area contributed by atoms with Crippen molar-refractivity contribution in [2.45, 2.75) is 45.7 Å². The molecule has 152 valence electrons. The Morgan fingerprint density at radius 3 is 2.55 bits per heavy atom. The molecule has 3 amide bonds. The normalized spacial score (nSPS) is 19.2. The van der Waals surface area contributed by atoms with E-state index in [0.29, 0.717) is 4.91 Å². The van der Waals surface area contributed by atoms with Crippen LogP contribution in [0.5, 0.6) is 0 Å². The molecule has 1 aromatic heterocycles. The summed E-state index contributed by atoms with van der Waals surface area (Å²) in [6.45, 7) is 5.59. The van der Waals surface area contributed by atoms with Crippen LogP contribution in [-0.2, 0) is 16.1 Å². The molecular formula is C22H25N3O3S. The van der Waals surface area contributed by atoms with E-state index in [1.54, 1.807) is 6.08 Å². The number of para-hydroxylation sites is 1. The lowest BCUT2D eigenvalue weighted by molar-refractivity contribution is -0.132. The number of thioether (sulfide) groups is 1. The molecule has 3 heterocycles. The molecule has 1 aromatic carbocycles. The number of benzene rings is 1. The molecule has 0 N–H and O–H groups in total. The van der Waals surface area contributed by atoms with Gasteiger partial charge in [-0.1, -0.05) is 18.2 Å². The molecule has 2 saturated heterocycles. The highest BCUT2D eigenvalue weighted by atomic mass is 32.2. The van der Waals surface area contributed by atoms with E-state index < -0.39 is 0 Å². The molecule has 0 atom stereocenters. The van der Waals surface area contributed by atoms with Crippen molar-refractivity contribution in [2.24, 2.45) is 0 Å². The summed E-state index contributed by atoms with van der Waals surface area (Å²) >= 11 is 0.974. The molecule has 2 aliphatic heterocycles. The molecule has 0 radical (unpaired) electrons. The molecule has 2 aromatic rings. The molecule has 0 unspecified atom stereocenters. The van der Waals surface area contributed by atoms with Gasteiger partial charge in [-0.15, -0.1) is 0 Å². The zero-order chi connectivity index (χ0) is 20.5. The Labute approximate surface area is 174 Å². The minimum absolute atomic E-state index is 0.122. The van der Waals surface area contributed by atoms with Crippen LogP contribution >= 0.6 is 11.8 Å². The van der Waals surface area contributed by atoms with Gasteiger partial charge in [-0.2, -0.15) is 0 Å². The Balaban J connectivity index is 1.65. The van der Waals surface area contributed by atoms with Crippen molar-refractivity contribution in [2.75, 3.05) is 13.1 Å². The Kier molecular flexibility index (Phi) is 5.50. The molecule has 29 heavy (non-hydrogen) atoms. The molecule has 0 spiro atoms. The van der Waals surface area contributed by atoms with Gasteiger partial charge in [0.2, 0.25) is 5.91 Å². The number of carbonyl (C=O) groups excluding carboxylic acids is 3. The first-order valence-corrected chi connectivity index (χ1v) is 10.9. The van der Waals surface area contributed by atoms with E-state index in [0.717, 1.165) is 54.2 Å². The van der Waals surface area contributed by atoms with Crippen molar-refractivity contribution in [1.82, 2.24) is 14.4 Å². The Morgan fingerprint density at radius 1 is 1.14 bits per heavy atom. The molecule has 0 aliphatic carbocycles. The third-order valence-corrected chi connectivity index (χ3v) is 6.34. The number of carbonyl (C=O) groups is 3. The van der Waals surface area contributed by atoms with Crippen LogP contribution in [0.15, 0.2) is 35.4 Å². The Hall–Kier alpha value is -2.54. The second-order valence-corrected chi connectivity index (χ2v) is 8.81. The maximum Gasteiger partial charge on any atom is 0.293 e. The number of likely N-dealkylation sites (tertiary alicyclic amines) is 1. The van der Waals surface area contributed by atoms with Crippen LogP contribution in [0.2, 0.25) is 0 Å². The summed E-state index contributed by atoms with van der Waals surface area (Å²) in [5.41, 5.74) is 1.80. The molecule has 2 aliphatic rings. The number of aromatic nitrogens is 1. The third-order valence-electron chi connectivity index (χ3n) is 5.46. The first-order valence-electron chi connectivity index (χ1n) is 10.1. The molecule has 6 nitrogen and oxygen atoms in total. The van der Waals surface area contributed by atoms with Crippen LogP contribution in [0.4, 0.5) is 4.79 Å². The fourth-order valence-corrected chi connectivity index (χ4v) is 4.93. The summed E-state index contributed by atoms with van der Waals surface area (Å²) in [6, 6.07) is 7.68. The average molecular weight is 412 g/mol. The standard InChI is InChI=1S/C22H25N3O3S/c1-15(2)25-21(27)19(29-22(25)28)12-16-13-24(18-9-5-4-8-17(16)18)14-20(26)23-10-6-3-7-11-23/h4-5,8-9,12-13,15H,3,6-7,10-11,14H2,1-2H3/b19-12-. The average Bonchev–Trinajstić information content (AvgIpc) is 3.19. The fourth-order valence-electron chi connectivity index (χ4n) is 3.98. The van der Waals surface area contributed by atoms with E-state index in [4.69, 9.17) is 0 Å². The van der Waals surface area contributed by atoms with Gasteiger partial charge in [0, 0.05) is 41.8 Å². The molecular weight excluding hydrogens is 386 g/mol. The van der Waals surface area contributed by atoms with Gasteiger partial charge >= 0.3 is 0 Å². The molecule has 2 fully saturated rings. The first kappa shape index (κ1) is 19.8. The lowest BCUT2D eigenvalue weighted by Gasteiger charge is -2.27. The summed E-state index contributed by atoms with van der Waals surface area (Å²) in [7, 11) is 0. The SMILES string of the molecule is CC(C)N1C(=O)S/C(=C\c2cn(CC(=O)N3CCCCC3)c3ccccc23)C1=O. The smallest absolute Gasteiger partial charge is 0.293 e. The molecule has 7 heteroatoms. The van der Waals surface area contributed by atoms with Crippen LogP contribution in [0.1, 0.15) is 38.7 Å². The number of amides is 3. The van der Waals surface area contributed by atoms with Crippen LogP contribution in [0.25, 0.3) is 17.0 Å². The summed E-state index contributed by atoms with van der Waals surface area (Å²) in [5.74, 6) is -0.131. The van der Waals surface area contributed by atoms with E-state index in [-0.39, 0.29) is 29.6 Å². The van der Waals surface area contributed by atoms with Gasteiger partial charge in [0.15, 0.2) is 0 Å². The van der Waals surface area contributed by atoms with Gasteiger partial charge in [0.05, 0.1) is 4.91 Å². The predicted octanol–water partition coefficient (Wildman–Crippen LogP) is 4.10. The monoisotopic (exact) mass is 411 g/mol. The van der Waals surface area contributed by atoms with E-state index in [1.165, 1.54) is 11.3 Å². The van der Waals surface area contributed by atoms with Crippen molar-refractivity contribution in [3.63, 3.8) is 0 Å². The Morgan fingerprint density at radius 2 is 1.86 bits per heavy atom. The maximum absolute atomic E-state index is 12.8. The zero-order valence-electron chi connectivity index (χ0n) is 16.8. The highest BCUT2D eigenvalue weighted by Crippen LogP contribution is 2.35. The van der Waals surface area contributed by atoms with Gasteiger partial charge < -0.3 is 9.47 Å². The number of fused-ring (bicyclic) bond motifs is 1. The number of imide groups is 1. The van der Waals surface area contributed by atoms with Crippen molar-refractivity contribution < 1.29 is 14.4 Å².